The molecule has 0 radical (unpaired) electrons. The Hall–Kier alpha value is -3.16. The summed E-state index contributed by atoms with van der Waals surface area (Å²) in [5.41, 5.74) is 2.53. The number of hydrogen-bond donors (Lipinski definition) is 1. The molecule has 146 valence electrons. The Morgan fingerprint density at radius 2 is 2.29 bits per heavy atom. The summed E-state index contributed by atoms with van der Waals surface area (Å²) in [6.45, 7) is 1.79. The number of nitrogens with one attached hydrogen (secondary N) is 1. The number of ether oxygens (including phenoxy) is 1. The third kappa shape index (κ3) is 4.05. The molecule has 1 aliphatic heterocycles. The quantitative estimate of drug-likeness (QED) is 0.710. The van der Waals surface area contributed by atoms with Crippen molar-refractivity contribution in [3.63, 3.8) is 0 Å². The molecule has 1 atom stereocenters. The molecule has 3 aromatic rings. The third-order valence-corrected chi connectivity index (χ3v) is 4.93. The predicted molar refractivity (Wildman–Crippen MR) is 101 cm³/mol. The van der Waals surface area contributed by atoms with Crippen molar-refractivity contribution in [1.29, 1.82) is 0 Å². The minimum absolute atomic E-state index is 0.00912. The van der Waals surface area contributed by atoms with Gasteiger partial charge in [-0.3, -0.25) is 14.6 Å². The van der Waals surface area contributed by atoms with Crippen LogP contribution in [0, 0.1) is 5.82 Å². The number of aromatic amines is 1. The van der Waals surface area contributed by atoms with E-state index in [1.54, 1.807) is 36.3 Å². The molecule has 1 aromatic carbocycles. The van der Waals surface area contributed by atoms with Crippen molar-refractivity contribution >= 4 is 5.91 Å². The second-order valence-electron chi connectivity index (χ2n) is 7.01. The van der Waals surface area contributed by atoms with Gasteiger partial charge in [0.1, 0.15) is 11.6 Å². The van der Waals surface area contributed by atoms with Gasteiger partial charge >= 0.3 is 0 Å². The predicted octanol–water partition coefficient (Wildman–Crippen LogP) is 2.53. The number of amides is 1. The number of carbonyl (C=O) groups excluding carboxylic acids is 1. The van der Waals surface area contributed by atoms with Gasteiger partial charge in [-0.15, -0.1) is 0 Å². The molecular weight excluding hydrogens is 361 g/mol. The summed E-state index contributed by atoms with van der Waals surface area (Å²) >= 11 is 0. The molecule has 0 spiro atoms. The van der Waals surface area contributed by atoms with Crippen molar-refractivity contribution in [2.75, 3.05) is 19.7 Å². The number of aryl methyl sites for hydroxylation is 1. The van der Waals surface area contributed by atoms with Crippen molar-refractivity contribution in [1.82, 2.24) is 24.9 Å². The Morgan fingerprint density at radius 3 is 3.07 bits per heavy atom. The highest BCUT2D eigenvalue weighted by atomic mass is 19.1. The summed E-state index contributed by atoms with van der Waals surface area (Å²) in [5, 5.41) is 11.5. The zero-order valence-electron chi connectivity index (χ0n) is 15.6. The van der Waals surface area contributed by atoms with E-state index in [2.05, 4.69) is 15.3 Å². The highest BCUT2D eigenvalue weighted by Crippen LogP contribution is 2.27. The first kappa shape index (κ1) is 18.2. The van der Waals surface area contributed by atoms with E-state index in [-0.39, 0.29) is 17.6 Å². The van der Waals surface area contributed by atoms with Crippen LogP contribution in [0.2, 0.25) is 0 Å². The number of hydrogen-bond acceptors (Lipinski definition) is 4. The number of nitrogens with zero attached hydrogens (tertiary/aromatic N) is 4. The Labute approximate surface area is 162 Å². The van der Waals surface area contributed by atoms with E-state index in [9.17, 15) is 9.18 Å². The van der Waals surface area contributed by atoms with Crippen LogP contribution < -0.4 is 4.74 Å². The lowest BCUT2D eigenvalue weighted by molar-refractivity contribution is 0.0790. The molecule has 8 heteroatoms. The summed E-state index contributed by atoms with van der Waals surface area (Å²) in [7, 11) is 1.80. The topological polar surface area (TPSA) is 76.0 Å². The summed E-state index contributed by atoms with van der Waals surface area (Å²) in [6.07, 6.45) is 4.87. The van der Waals surface area contributed by atoms with Gasteiger partial charge in [0.05, 0.1) is 24.1 Å². The van der Waals surface area contributed by atoms with E-state index >= 15 is 0 Å². The van der Waals surface area contributed by atoms with Crippen molar-refractivity contribution in [3.8, 4) is 5.75 Å². The molecule has 1 fully saturated rings. The monoisotopic (exact) mass is 383 g/mol. The fourth-order valence-electron chi connectivity index (χ4n) is 3.45. The molecule has 0 bridgehead atoms. The number of likely N-dealkylation sites (tertiary alicyclic amines) is 1. The van der Waals surface area contributed by atoms with Crippen molar-refractivity contribution in [2.24, 2.45) is 7.05 Å². The second-order valence-corrected chi connectivity index (χ2v) is 7.01. The number of halogens is 1. The minimum Gasteiger partial charge on any atom is -0.493 e. The van der Waals surface area contributed by atoms with E-state index in [4.69, 9.17) is 4.74 Å². The zero-order chi connectivity index (χ0) is 19.5. The van der Waals surface area contributed by atoms with Gasteiger partial charge in [-0.1, -0.05) is 6.07 Å². The van der Waals surface area contributed by atoms with E-state index in [1.807, 2.05) is 11.0 Å². The largest absolute Gasteiger partial charge is 0.493 e. The lowest BCUT2D eigenvalue weighted by Crippen LogP contribution is -2.28. The molecule has 0 saturated carbocycles. The zero-order valence-corrected chi connectivity index (χ0v) is 15.6. The van der Waals surface area contributed by atoms with Gasteiger partial charge in [0.2, 0.25) is 0 Å². The molecule has 1 aliphatic rings. The van der Waals surface area contributed by atoms with Crippen molar-refractivity contribution in [3.05, 3.63) is 65.5 Å². The van der Waals surface area contributed by atoms with E-state index in [0.29, 0.717) is 37.4 Å². The third-order valence-electron chi connectivity index (χ3n) is 4.93. The highest BCUT2D eigenvalue weighted by Gasteiger charge is 2.29. The van der Waals surface area contributed by atoms with Crippen LogP contribution in [0.4, 0.5) is 4.39 Å². The first-order valence-electron chi connectivity index (χ1n) is 9.29. The smallest absolute Gasteiger partial charge is 0.257 e. The molecule has 1 amide bonds. The Balaban J connectivity index is 1.30. The molecule has 3 heterocycles. The number of H-pyrrole nitrogens is 1. The van der Waals surface area contributed by atoms with Crippen LogP contribution >= 0.6 is 0 Å². The first-order valence-corrected chi connectivity index (χ1v) is 9.29. The number of rotatable bonds is 6. The minimum atomic E-state index is -0.312. The fraction of sp³-hybridized carbons (Fsp3) is 0.350. The number of aromatic nitrogens is 4. The standard InChI is InChI=1S/C20H22FN5O2/c1-25-12-15(11-22-25)20(27)26-7-5-14(13-26)19-10-17(23-24-19)6-8-28-18-4-2-3-16(21)9-18/h2-4,9-12,14H,5-8,13H2,1H3,(H,23,24). The van der Waals surface area contributed by atoms with Crippen LogP contribution in [-0.4, -0.2) is 50.5 Å². The first-order chi connectivity index (χ1) is 13.6. The second kappa shape index (κ2) is 7.84. The molecule has 2 aromatic heterocycles. The summed E-state index contributed by atoms with van der Waals surface area (Å²) in [4.78, 5) is 14.4. The van der Waals surface area contributed by atoms with Crippen LogP contribution in [-0.2, 0) is 13.5 Å². The van der Waals surface area contributed by atoms with E-state index in [1.165, 1.54) is 12.1 Å². The maximum absolute atomic E-state index is 13.2. The van der Waals surface area contributed by atoms with Crippen LogP contribution in [0.5, 0.6) is 5.75 Å². The normalized spacial score (nSPS) is 16.5. The maximum atomic E-state index is 13.2. The van der Waals surface area contributed by atoms with E-state index < -0.39 is 0 Å². The van der Waals surface area contributed by atoms with Gasteiger partial charge in [0.25, 0.3) is 5.91 Å². The van der Waals surface area contributed by atoms with Gasteiger partial charge in [-0.25, -0.2) is 4.39 Å². The van der Waals surface area contributed by atoms with Gasteiger partial charge < -0.3 is 9.64 Å². The number of benzene rings is 1. The Morgan fingerprint density at radius 1 is 1.39 bits per heavy atom. The molecule has 7 nitrogen and oxygen atoms in total. The van der Waals surface area contributed by atoms with Crippen LogP contribution in [0.1, 0.15) is 34.1 Å². The van der Waals surface area contributed by atoms with Gasteiger partial charge in [-0.2, -0.15) is 10.2 Å². The van der Waals surface area contributed by atoms with Crippen molar-refractivity contribution < 1.29 is 13.9 Å². The Bertz CT molecular complexity index is 967. The van der Waals surface area contributed by atoms with Gasteiger partial charge in [0.15, 0.2) is 0 Å². The average molecular weight is 383 g/mol. The van der Waals surface area contributed by atoms with E-state index in [0.717, 1.165) is 17.8 Å². The highest BCUT2D eigenvalue weighted by molar-refractivity contribution is 5.94. The molecule has 0 aliphatic carbocycles. The lowest BCUT2D eigenvalue weighted by Gasteiger charge is -2.14. The van der Waals surface area contributed by atoms with Gasteiger partial charge in [-0.05, 0) is 24.6 Å². The van der Waals surface area contributed by atoms with Crippen LogP contribution in [0.15, 0.2) is 42.7 Å². The summed E-state index contributed by atoms with van der Waals surface area (Å²) in [6, 6.07) is 8.13. The van der Waals surface area contributed by atoms with Crippen LogP contribution in [0.25, 0.3) is 0 Å². The Kier molecular flexibility index (Phi) is 5.10. The molecule has 1 N–H and O–H groups in total. The summed E-state index contributed by atoms with van der Waals surface area (Å²) in [5.74, 6) is 0.428. The summed E-state index contributed by atoms with van der Waals surface area (Å²) < 4.78 is 20.4. The fourth-order valence-corrected chi connectivity index (χ4v) is 3.45. The molecule has 4 rings (SSSR count). The molecule has 28 heavy (non-hydrogen) atoms. The molecular formula is C20H22FN5O2. The maximum Gasteiger partial charge on any atom is 0.257 e. The molecule has 1 saturated heterocycles. The van der Waals surface area contributed by atoms with Crippen molar-refractivity contribution in [2.45, 2.75) is 18.8 Å². The lowest BCUT2D eigenvalue weighted by atomic mass is 10.0. The molecule has 1 unspecified atom stereocenters. The average Bonchev–Trinajstić information content (AvgIpc) is 3.41. The SMILES string of the molecule is Cn1cc(C(=O)N2CCC(c3cc(CCOc4cccc(F)c4)[nH]n3)C2)cn1. The number of carbonyl (C=O) groups is 1. The van der Waals surface area contributed by atoms with Crippen LogP contribution in [0.3, 0.4) is 0 Å². The van der Waals surface area contributed by atoms with Gasteiger partial charge in [0, 0.05) is 50.4 Å².